The Labute approximate surface area is 75.7 Å². The van der Waals surface area contributed by atoms with Crippen LogP contribution in [0.3, 0.4) is 0 Å². The van der Waals surface area contributed by atoms with Crippen LogP contribution in [0.15, 0.2) is 18.2 Å². The molecule has 4 heteroatoms. The molecule has 0 amide bonds. The van der Waals surface area contributed by atoms with Crippen LogP contribution in [-0.4, -0.2) is 13.6 Å². The second kappa shape index (κ2) is 4.30. The molecule has 0 saturated heterocycles. The van der Waals surface area contributed by atoms with Gasteiger partial charge in [-0.3, -0.25) is 0 Å². The third-order valence-electron chi connectivity index (χ3n) is 1.92. The highest BCUT2D eigenvalue weighted by Gasteiger charge is 2.12. The molecule has 0 spiro atoms. The SMILES string of the molecule is CNC(CN)c1ccc(F)cc1F. The Morgan fingerprint density at radius 3 is 2.62 bits per heavy atom. The Morgan fingerprint density at radius 2 is 2.15 bits per heavy atom. The van der Waals surface area contributed by atoms with Crippen LogP contribution in [0.5, 0.6) is 0 Å². The van der Waals surface area contributed by atoms with Gasteiger partial charge in [0.1, 0.15) is 11.6 Å². The number of hydrogen-bond donors (Lipinski definition) is 2. The van der Waals surface area contributed by atoms with Crippen molar-refractivity contribution < 1.29 is 8.78 Å². The predicted molar refractivity (Wildman–Crippen MR) is 47.2 cm³/mol. The number of hydrogen-bond acceptors (Lipinski definition) is 2. The highest BCUT2D eigenvalue weighted by Crippen LogP contribution is 2.16. The van der Waals surface area contributed by atoms with Crippen molar-refractivity contribution in [2.24, 2.45) is 5.73 Å². The minimum atomic E-state index is -0.576. The van der Waals surface area contributed by atoms with Crippen LogP contribution in [0.4, 0.5) is 8.78 Å². The first-order chi connectivity index (χ1) is 6.19. The molecule has 1 aromatic rings. The van der Waals surface area contributed by atoms with Gasteiger partial charge in [-0.15, -0.1) is 0 Å². The second-order valence-corrected chi connectivity index (χ2v) is 2.74. The van der Waals surface area contributed by atoms with Crippen molar-refractivity contribution in [3.05, 3.63) is 35.4 Å². The van der Waals surface area contributed by atoms with Crippen LogP contribution < -0.4 is 11.1 Å². The van der Waals surface area contributed by atoms with Crippen LogP contribution in [0.25, 0.3) is 0 Å². The summed E-state index contributed by atoms with van der Waals surface area (Å²) < 4.78 is 25.7. The van der Waals surface area contributed by atoms with E-state index in [9.17, 15) is 8.78 Å². The second-order valence-electron chi connectivity index (χ2n) is 2.74. The van der Waals surface area contributed by atoms with E-state index in [2.05, 4.69) is 5.32 Å². The summed E-state index contributed by atoms with van der Waals surface area (Å²) in [5, 5.41) is 2.84. The maximum Gasteiger partial charge on any atom is 0.130 e. The van der Waals surface area contributed by atoms with Crippen LogP contribution in [0.2, 0.25) is 0 Å². The Balaban J connectivity index is 2.99. The number of likely N-dealkylation sites (N-methyl/N-ethyl adjacent to an activating group) is 1. The molecule has 0 aliphatic heterocycles. The molecule has 0 aromatic heterocycles. The highest BCUT2D eigenvalue weighted by atomic mass is 19.1. The quantitative estimate of drug-likeness (QED) is 0.744. The summed E-state index contributed by atoms with van der Waals surface area (Å²) in [4.78, 5) is 0. The zero-order valence-electron chi connectivity index (χ0n) is 7.35. The molecular formula is C9H12F2N2. The number of nitrogens with one attached hydrogen (secondary N) is 1. The summed E-state index contributed by atoms with van der Waals surface area (Å²) in [5.41, 5.74) is 5.79. The molecule has 0 bridgehead atoms. The first kappa shape index (κ1) is 10.1. The third kappa shape index (κ3) is 2.23. The standard InChI is InChI=1S/C9H12F2N2/c1-13-9(5-12)7-3-2-6(10)4-8(7)11/h2-4,9,13H,5,12H2,1H3. The normalized spacial score (nSPS) is 12.9. The van der Waals surface area contributed by atoms with Crippen molar-refractivity contribution in [3.63, 3.8) is 0 Å². The summed E-state index contributed by atoms with van der Waals surface area (Å²) in [7, 11) is 1.68. The molecule has 1 unspecified atom stereocenters. The van der Waals surface area contributed by atoms with E-state index in [1.54, 1.807) is 7.05 Å². The van der Waals surface area contributed by atoms with E-state index in [1.807, 2.05) is 0 Å². The molecule has 0 aliphatic rings. The van der Waals surface area contributed by atoms with E-state index >= 15 is 0 Å². The van der Waals surface area contributed by atoms with E-state index in [-0.39, 0.29) is 12.6 Å². The highest BCUT2D eigenvalue weighted by molar-refractivity contribution is 5.22. The lowest BCUT2D eigenvalue weighted by atomic mass is 10.1. The predicted octanol–water partition coefficient (Wildman–Crippen LogP) is 1.18. The molecule has 0 saturated carbocycles. The van der Waals surface area contributed by atoms with Gasteiger partial charge in [-0.05, 0) is 13.1 Å². The molecular weight excluding hydrogens is 174 g/mol. The molecule has 3 N–H and O–H groups in total. The fraction of sp³-hybridized carbons (Fsp3) is 0.333. The zero-order valence-corrected chi connectivity index (χ0v) is 7.35. The van der Waals surface area contributed by atoms with Crippen molar-refractivity contribution in [1.29, 1.82) is 0 Å². The van der Waals surface area contributed by atoms with Crippen molar-refractivity contribution in [2.75, 3.05) is 13.6 Å². The monoisotopic (exact) mass is 186 g/mol. The molecule has 1 aromatic carbocycles. The minimum Gasteiger partial charge on any atom is -0.329 e. The number of nitrogens with two attached hydrogens (primary N) is 1. The zero-order chi connectivity index (χ0) is 9.84. The van der Waals surface area contributed by atoms with Gasteiger partial charge in [-0.2, -0.15) is 0 Å². The molecule has 13 heavy (non-hydrogen) atoms. The number of benzene rings is 1. The van der Waals surface area contributed by atoms with Gasteiger partial charge in [0.15, 0.2) is 0 Å². The fourth-order valence-electron chi connectivity index (χ4n) is 1.18. The van der Waals surface area contributed by atoms with Crippen LogP contribution in [0.1, 0.15) is 11.6 Å². The van der Waals surface area contributed by atoms with Crippen molar-refractivity contribution in [2.45, 2.75) is 6.04 Å². The van der Waals surface area contributed by atoms with Gasteiger partial charge in [0.2, 0.25) is 0 Å². The maximum absolute atomic E-state index is 13.1. The molecule has 1 rings (SSSR count). The molecule has 1 atom stereocenters. The largest absolute Gasteiger partial charge is 0.329 e. The topological polar surface area (TPSA) is 38.0 Å². The summed E-state index contributed by atoms with van der Waals surface area (Å²) in [6.07, 6.45) is 0. The van der Waals surface area contributed by atoms with Gasteiger partial charge >= 0.3 is 0 Å². The minimum absolute atomic E-state index is 0.263. The molecule has 0 fully saturated rings. The summed E-state index contributed by atoms with van der Waals surface area (Å²) in [6, 6.07) is 3.22. The Kier molecular flexibility index (Phi) is 3.33. The summed E-state index contributed by atoms with van der Waals surface area (Å²) >= 11 is 0. The molecule has 0 heterocycles. The lowest BCUT2D eigenvalue weighted by Gasteiger charge is -2.14. The van der Waals surface area contributed by atoms with E-state index < -0.39 is 11.6 Å². The smallest absolute Gasteiger partial charge is 0.130 e. The van der Waals surface area contributed by atoms with Gasteiger partial charge in [0, 0.05) is 24.2 Å². The average molecular weight is 186 g/mol. The Morgan fingerprint density at radius 1 is 1.46 bits per heavy atom. The Bertz CT molecular complexity index is 285. The van der Waals surface area contributed by atoms with E-state index in [4.69, 9.17) is 5.73 Å². The summed E-state index contributed by atoms with van der Waals surface area (Å²) in [5.74, 6) is -1.14. The number of halogens is 2. The van der Waals surface area contributed by atoms with E-state index in [0.29, 0.717) is 5.56 Å². The van der Waals surface area contributed by atoms with Crippen molar-refractivity contribution in [1.82, 2.24) is 5.32 Å². The maximum atomic E-state index is 13.1. The van der Waals surface area contributed by atoms with Gasteiger partial charge in [-0.25, -0.2) is 8.78 Å². The van der Waals surface area contributed by atoms with Gasteiger partial charge in [0.05, 0.1) is 0 Å². The third-order valence-corrected chi connectivity index (χ3v) is 1.92. The fourth-order valence-corrected chi connectivity index (χ4v) is 1.18. The van der Waals surface area contributed by atoms with E-state index in [1.165, 1.54) is 12.1 Å². The van der Waals surface area contributed by atoms with Gasteiger partial charge in [0.25, 0.3) is 0 Å². The lowest BCUT2D eigenvalue weighted by molar-refractivity contribution is 0.528. The van der Waals surface area contributed by atoms with Gasteiger partial charge in [-0.1, -0.05) is 6.07 Å². The lowest BCUT2D eigenvalue weighted by Crippen LogP contribution is -2.25. The average Bonchev–Trinajstić information content (AvgIpc) is 2.10. The molecule has 0 radical (unpaired) electrons. The van der Waals surface area contributed by atoms with Crippen LogP contribution in [0, 0.1) is 11.6 Å². The first-order valence-corrected chi connectivity index (χ1v) is 4.01. The molecule has 0 aliphatic carbocycles. The first-order valence-electron chi connectivity index (χ1n) is 4.01. The Hall–Kier alpha value is -1.00. The van der Waals surface area contributed by atoms with Gasteiger partial charge < -0.3 is 11.1 Å². The molecule has 2 nitrogen and oxygen atoms in total. The van der Waals surface area contributed by atoms with Crippen LogP contribution >= 0.6 is 0 Å². The summed E-state index contributed by atoms with van der Waals surface area (Å²) in [6.45, 7) is 0.277. The van der Waals surface area contributed by atoms with Crippen molar-refractivity contribution >= 4 is 0 Å². The molecule has 72 valence electrons. The number of rotatable bonds is 3. The van der Waals surface area contributed by atoms with Crippen LogP contribution in [-0.2, 0) is 0 Å². The van der Waals surface area contributed by atoms with E-state index in [0.717, 1.165) is 6.07 Å². The van der Waals surface area contributed by atoms with Crippen molar-refractivity contribution in [3.8, 4) is 0 Å².